The van der Waals surface area contributed by atoms with Crippen molar-refractivity contribution in [2.45, 2.75) is 63.5 Å². The Balaban J connectivity index is 1.39. The molecule has 1 fully saturated rings. The Bertz CT molecular complexity index is 1400. The second-order valence-corrected chi connectivity index (χ2v) is 11.4. The normalized spacial score (nSPS) is 23.8. The van der Waals surface area contributed by atoms with Gasteiger partial charge in [-0.2, -0.15) is 0 Å². The zero-order chi connectivity index (χ0) is 27.7. The van der Waals surface area contributed by atoms with Gasteiger partial charge in [0.05, 0.1) is 19.1 Å². The van der Waals surface area contributed by atoms with Crippen LogP contribution in [0.2, 0.25) is 0 Å². The average Bonchev–Trinajstić information content (AvgIpc) is 3.24. The lowest BCUT2D eigenvalue weighted by atomic mass is 9.89. The van der Waals surface area contributed by atoms with Crippen LogP contribution in [0.1, 0.15) is 74.6 Å². The SMILES string of the molecule is COC1=CC(c2ccc(C3CCN(C(C)(C)C)C3=O)cc2F)CC=C(C2=CC=NC(c3ccccc3)C2)C1=O. The largest absolute Gasteiger partial charge is 0.493 e. The zero-order valence-electron chi connectivity index (χ0n) is 23.0. The maximum Gasteiger partial charge on any atom is 0.230 e. The van der Waals surface area contributed by atoms with Crippen LogP contribution < -0.4 is 0 Å². The van der Waals surface area contributed by atoms with Crippen LogP contribution in [0.5, 0.6) is 0 Å². The summed E-state index contributed by atoms with van der Waals surface area (Å²) in [4.78, 5) is 33.0. The van der Waals surface area contributed by atoms with Crippen LogP contribution >= 0.6 is 0 Å². The molecule has 1 aliphatic carbocycles. The summed E-state index contributed by atoms with van der Waals surface area (Å²) in [6.07, 6.45) is 8.99. The number of allylic oxidation sites excluding steroid dienone is 4. The van der Waals surface area contributed by atoms with E-state index in [2.05, 4.69) is 4.99 Å². The molecule has 0 bridgehead atoms. The van der Waals surface area contributed by atoms with Crippen molar-refractivity contribution in [3.05, 3.63) is 106 Å². The number of likely N-dealkylation sites (tertiary alicyclic amines) is 1. The lowest BCUT2D eigenvalue weighted by Gasteiger charge is -2.32. The van der Waals surface area contributed by atoms with E-state index in [1.165, 1.54) is 13.2 Å². The van der Waals surface area contributed by atoms with Crippen LogP contribution in [0.4, 0.5) is 4.39 Å². The van der Waals surface area contributed by atoms with Gasteiger partial charge in [0.15, 0.2) is 5.76 Å². The number of amides is 1. The molecular weight excluding hydrogens is 491 g/mol. The van der Waals surface area contributed by atoms with Gasteiger partial charge in [-0.05, 0) is 80.5 Å². The van der Waals surface area contributed by atoms with Crippen molar-refractivity contribution in [2.75, 3.05) is 13.7 Å². The Hall–Kier alpha value is -3.80. The summed E-state index contributed by atoms with van der Waals surface area (Å²) in [6, 6.07) is 15.1. The maximum absolute atomic E-state index is 15.6. The number of hydrogen-bond donors (Lipinski definition) is 0. The van der Waals surface area contributed by atoms with E-state index in [1.807, 2.05) is 74.2 Å². The van der Waals surface area contributed by atoms with Gasteiger partial charge in [-0.25, -0.2) is 4.39 Å². The third-order valence-corrected chi connectivity index (χ3v) is 7.94. The first kappa shape index (κ1) is 26.8. The highest BCUT2D eigenvalue weighted by molar-refractivity contribution is 6.11. The van der Waals surface area contributed by atoms with Crippen molar-refractivity contribution in [1.82, 2.24) is 4.90 Å². The molecule has 1 amide bonds. The summed E-state index contributed by atoms with van der Waals surface area (Å²) < 4.78 is 21.1. The Kier molecular flexibility index (Phi) is 7.39. The van der Waals surface area contributed by atoms with Crippen LogP contribution in [-0.2, 0) is 14.3 Å². The van der Waals surface area contributed by atoms with Crippen molar-refractivity contribution in [2.24, 2.45) is 4.99 Å². The fourth-order valence-corrected chi connectivity index (χ4v) is 5.81. The average molecular weight is 527 g/mol. The highest BCUT2D eigenvalue weighted by atomic mass is 19.1. The van der Waals surface area contributed by atoms with Gasteiger partial charge in [-0.15, -0.1) is 0 Å². The molecule has 39 heavy (non-hydrogen) atoms. The highest BCUT2D eigenvalue weighted by Crippen LogP contribution is 2.38. The smallest absolute Gasteiger partial charge is 0.230 e. The number of methoxy groups -OCH3 is 1. The Labute approximate surface area is 229 Å². The number of halogens is 1. The highest BCUT2D eigenvalue weighted by Gasteiger charge is 2.38. The summed E-state index contributed by atoms with van der Waals surface area (Å²) >= 11 is 0. The molecule has 2 heterocycles. The fraction of sp³-hybridized carbons (Fsp3) is 0.364. The minimum absolute atomic E-state index is 0.0435. The van der Waals surface area contributed by atoms with Gasteiger partial charge in [0.1, 0.15) is 5.82 Å². The topological polar surface area (TPSA) is 59.0 Å². The van der Waals surface area contributed by atoms with Gasteiger partial charge in [0.25, 0.3) is 0 Å². The number of carbonyl (C=O) groups is 2. The quantitative estimate of drug-likeness (QED) is 0.441. The predicted molar refractivity (Wildman–Crippen MR) is 151 cm³/mol. The Morgan fingerprint density at radius 1 is 1.05 bits per heavy atom. The number of carbonyl (C=O) groups excluding carboxylic acids is 2. The first-order valence-corrected chi connectivity index (χ1v) is 13.6. The van der Waals surface area contributed by atoms with E-state index in [4.69, 9.17) is 4.74 Å². The minimum Gasteiger partial charge on any atom is -0.493 e. The summed E-state index contributed by atoms with van der Waals surface area (Å²) in [5.41, 5.74) is 3.49. The van der Waals surface area contributed by atoms with E-state index >= 15 is 4.39 Å². The summed E-state index contributed by atoms with van der Waals surface area (Å²) in [6.45, 7) is 6.72. The summed E-state index contributed by atoms with van der Waals surface area (Å²) in [7, 11) is 1.47. The fourth-order valence-electron chi connectivity index (χ4n) is 5.81. The number of aliphatic imine (C=N–C) groups is 1. The van der Waals surface area contributed by atoms with Crippen LogP contribution in [0.15, 0.2) is 88.7 Å². The maximum atomic E-state index is 15.6. The number of dihydropyridines is 1. The summed E-state index contributed by atoms with van der Waals surface area (Å²) in [5, 5.41) is 0. The van der Waals surface area contributed by atoms with Gasteiger partial charge in [-0.3, -0.25) is 14.6 Å². The predicted octanol–water partition coefficient (Wildman–Crippen LogP) is 6.60. The molecule has 5 nitrogen and oxygen atoms in total. The molecule has 3 aliphatic rings. The molecule has 2 aromatic rings. The molecule has 202 valence electrons. The third kappa shape index (κ3) is 5.38. The number of hydrogen-bond acceptors (Lipinski definition) is 4. The zero-order valence-corrected chi connectivity index (χ0v) is 23.0. The summed E-state index contributed by atoms with van der Waals surface area (Å²) in [5.74, 6) is -1.03. The monoisotopic (exact) mass is 526 g/mol. The molecule has 3 atom stereocenters. The molecule has 0 spiro atoms. The molecule has 0 saturated carbocycles. The molecule has 0 N–H and O–H groups in total. The number of ketones is 1. The molecule has 0 radical (unpaired) electrons. The van der Waals surface area contributed by atoms with Crippen molar-refractivity contribution < 1.29 is 18.7 Å². The van der Waals surface area contributed by atoms with Crippen molar-refractivity contribution in [3.8, 4) is 0 Å². The Morgan fingerprint density at radius 3 is 2.49 bits per heavy atom. The van der Waals surface area contributed by atoms with Gasteiger partial charge >= 0.3 is 0 Å². The first-order valence-electron chi connectivity index (χ1n) is 13.6. The second kappa shape index (κ2) is 10.8. The molecule has 3 unspecified atom stereocenters. The lowest BCUT2D eigenvalue weighted by Crippen LogP contribution is -2.42. The molecule has 5 rings (SSSR count). The first-order chi connectivity index (χ1) is 18.7. The third-order valence-electron chi connectivity index (χ3n) is 7.94. The molecule has 2 aliphatic heterocycles. The van der Waals surface area contributed by atoms with E-state index in [0.717, 1.165) is 11.1 Å². The number of ether oxygens (including phenoxy) is 1. The number of nitrogens with zero attached hydrogens (tertiary/aromatic N) is 2. The lowest BCUT2D eigenvalue weighted by molar-refractivity contribution is -0.132. The van der Waals surface area contributed by atoms with E-state index in [-0.39, 0.29) is 46.7 Å². The van der Waals surface area contributed by atoms with Crippen molar-refractivity contribution >= 4 is 17.9 Å². The van der Waals surface area contributed by atoms with Gasteiger partial charge in [-0.1, -0.05) is 48.5 Å². The second-order valence-electron chi connectivity index (χ2n) is 11.4. The van der Waals surface area contributed by atoms with E-state index in [9.17, 15) is 9.59 Å². The molecule has 2 aromatic carbocycles. The van der Waals surface area contributed by atoms with Gasteiger partial charge in [0.2, 0.25) is 11.7 Å². The van der Waals surface area contributed by atoms with Crippen molar-refractivity contribution in [3.63, 3.8) is 0 Å². The van der Waals surface area contributed by atoms with E-state index in [1.54, 1.807) is 18.4 Å². The van der Waals surface area contributed by atoms with Crippen molar-refractivity contribution in [1.29, 1.82) is 0 Å². The van der Waals surface area contributed by atoms with E-state index in [0.29, 0.717) is 42.5 Å². The van der Waals surface area contributed by atoms with Gasteiger partial charge in [0, 0.05) is 29.8 Å². The van der Waals surface area contributed by atoms with Crippen LogP contribution in [0.25, 0.3) is 0 Å². The number of Topliss-reactive ketones (excluding diaryl/α,β-unsaturated/α-hetero) is 1. The number of rotatable bonds is 5. The van der Waals surface area contributed by atoms with Gasteiger partial charge < -0.3 is 9.64 Å². The van der Waals surface area contributed by atoms with Crippen LogP contribution in [-0.4, -0.2) is 42.0 Å². The standard InChI is InChI=1S/C33H35FN2O3/c1-33(2,3)36-17-15-27(32(36)38)22-10-12-25(28(34)18-22)23-11-13-26(31(37)30(20-23)39-4)24-14-16-35-29(19-24)21-8-6-5-7-9-21/h5-10,12-14,16,18,20,23,27,29H,11,15,17,19H2,1-4H3. The van der Waals surface area contributed by atoms with Crippen LogP contribution in [0.3, 0.4) is 0 Å². The molecule has 1 saturated heterocycles. The minimum atomic E-state index is -0.372. The van der Waals surface area contributed by atoms with E-state index < -0.39 is 0 Å². The molecular formula is C33H35FN2O3. The van der Waals surface area contributed by atoms with Crippen LogP contribution in [0, 0.1) is 5.82 Å². The Morgan fingerprint density at radius 2 is 1.82 bits per heavy atom. The molecule has 0 aromatic heterocycles. The number of benzene rings is 2. The molecule has 6 heteroatoms.